The molecule has 0 bridgehead atoms. The van der Waals surface area contributed by atoms with E-state index in [4.69, 9.17) is 10.5 Å². The van der Waals surface area contributed by atoms with Crippen LogP contribution in [0.2, 0.25) is 16.6 Å². The highest BCUT2D eigenvalue weighted by molar-refractivity contribution is 6.82. The van der Waals surface area contributed by atoms with Crippen LogP contribution in [0, 0.1) is 51.2 Å². The topological polar surface area (TPSA) is 109 Å². The summed E-state index contributed by atoms with van der Waals surface area (Å²) in [5, 5.41) is 18.9. The molecule has 4 fully saturated rings. The molecule has 5 aliphatic carbocycles. The maximum atomic E-state index is 13.2. The molecule has 0 amide bonds. The summed E-state index contributed by atoms with van der Waals surface area (Å²) in [7, 11) is -2.14. The molecule has 9 heteroatoms. The molecule has 1 saturated heterocycles. The van der Waals surface area contributed by atoms with E-state index in [1.54, 1.807) is 11.1 Å². The van der Waals surface area contributed by atoms with Crippen LogP contribution >= 0.6 is 0 Å². The number of H-pyrrole nitrogens is 1. The van der Waals surface area contributed by atoms with Gasteiger partial charge in [0, 0.05) is 48.2 Å². The van der Waals surface area contributed by atoms with E-state index in [9.17, 15) is 9.90 Å². The number of carboxylic acid groups (broad SMARTS) is 1. The normalized spacial score (nSPS) is 36.0. The van der Waals surface area contributed by atoms with Crippen LogP contribution in [-0.4, -0.2) is 64.9 Å². The van der Waals surface area contributed by atoms with Crippen LogP contribution in [0.5, 0.6) is 0 Å². The van der Waals surface area contributed by atoms with Gasteiger partial charge in [0.1, 0.15) is 5.82 Å². The molecule has 7 unspecified atom stereocenters. The number of ether oxygens (including phenoxy) is 1. The molecular weight excluding hydrogens is 735 g/mol. The van der Waals surface area contributed by atoms with Crippen LogP contribution in [0.1, 0.15) is 157 Å². The number of fused-ring (bicyclic) bond motifs is 8. The lowest BCUT2D eigenvalue weighted by molar-refractivity contribution is -0.161. The van der Waals surface area contributed by atoms with Gasteiger partial charge < -0.3 is 19.8 Å². The van der Waals surface area contributed by atoms with Gasteiger partial charge in [-0.25, -0.2) is 0 Å². The zero-order chi connectivity index (χ0) is 42.1. The van der Waals surface area contributed by atoms with Crippen LogP contribution in [0.15, 0.2) is 17.8 Å². The number of aliphatic carboxylic acids is 1. The highest BCUT2D eigenvalue weighted by atomic mass is 28.3. The first kappa shape index (κ1) is 42.3. The fraction of sp³-hybridized carbons (Fsp3) is 0.796. The zero-order valence-corrected chi connectivity index (χ0v) is 39.6. The van der Waals surface area contributed by atoms with E-state index in [2.05, 4.69) is 122 Å². The predicted molar refractivity (Wildman–Crippen MR) is 239 cm³/mol. The number of carbonyl (C=O) groups is 1. The Morgan fingerprint density at radius 2 is 1.62 bits per heavy atom. The van der Waals surface area contributed by atoms with E-state index < -0.39 is 14.2 Å². The van der Waals surface area contributed by atoms with E-state index in [-0.39, 0.29) is 44.8 Å². The van der Waals surface area contributed by atoms with E-state index in [1.165, 1.54) is 35.4 Å². The largest absolute Gasteiger partial charge is 0.481 e. The summed E-state index contributed by atoms with van der Waals surface area (Å²) in [6.45, 7) is 37.1. The van der Waals surface area contributed by atoms with Gasteiger partial charge in [0.25, 0.3) is 0 Å². The molecule has 6 aliphatic rings. The third kappa shape index (κ3) is 5.91. The van der Waals surface area contributed by atoms with Gasteiger partial charge in [-0.15, -0.1) is 0 Å². The SMILES string of the molecule is CC(C)[Si](C(C)C)(C(C)C)n1cc(C2=C3C4CC(C)(C)C[C@@H](C(=O)O)C4CCC3(C)C3(C)CCC4C(C)(C)c5[nH]nc(N)c5CC4(C)C3C2)cc1CN1CCOCC1. The summed E-state index contributed by atoms with van der Waals surface area (Å²) in [6.07, 6.45) is 11.0. The molecule has 8 atom stereocenters. The number of nitrogens with two attached hydrogens (primary N) is 1. The van der Waals surface area contributed by atoms with Gasteiger partial charge in [-0.2, -0.15) is 5.10 Å². The summed E-state index contributed by atoms with van der Waals surface area (Å²) < 4.78 is 8.77. The second-order valence-electron chi connectivity index (χ2n) is 23.5. The van der Waals surface area contributed by atoms with Crippen LogP contribution in [0.3, 0.4) is 0 Å². The number of nitrogens with zero attached hydrogens (tertiary/aromatic N) is 3. The van der Waals surface area contributed by atoms with Crippen molar-refractivity contribution in [2.45, 2.75) is 170 Å². The van der Waals surface area contributed by atoms with Crippen molar-refractivity contribution in [2.24, 2.45) is 51.2 Å². The Hall–Kier alpha value is -2.36. The van der Waals surface area contributed by atoms with Crippen molar-refractivity contribution in [1.29, 1.82) is 0 Å². The number of nitrogen functional groups attached to an aromatic ring is 1. The van der Waals surface area contributed by atoms with Gasteiger partial charge >= 0.3 is 5.97 Å². The molecule has 322 valence electrons. The first-order valence-electron chi connectivity index (χ1n) is 23.4. The Balaban J connectivity index is 1.39. The smallest absolute Gasteiger partial charge is 0.306 e. The zero-order valence-electron chi connectivity index (χ0n) is 38.6. The fourth-order valence-electron chi connectivity index (χ4n) is 16.7. The minimum atomic E-state index is -2.14. The van der Waals surface area contributed by atoms with Crippen molar-refractivity contribution >= 4 is 25.6 Å². The molecule has 3 saturated carbocycles. The average molecular weight is 814 g/mol. The van der Waals surface area contributed by atoms with E-state index >= 15 is 0 Å². The van der Waals surface area contributed by atoms with Gasteiger partial charge in [0.15, 0.2) is 8.24 Å². The molecule has 2 aromatic rings. The first-order valence-corrected chi connectivity index (χ1v) is 25.5. The van der Waals surface area contributed by atoms with Gasteiger partial charge in [-0.3, -0.25) is 14.8 Å². The summed E-state index contributed by atoms with van der Waals surface area (Å²) in [4.78, 5) is 15.9. The summed E-state index contributed by atoms with van der Waals surface area (Å²) in [6, 6.07) is 2.65. The number of nitrogens with one attached hydrogen (secondary N) is 1. The molecule has 8 nitrogen and oxygen atoms in total. The minimum absolute atomic E-state index is 0.0269. The summed E-state index contributed by atoms with van der Waals surface area (Å²) in [5.74, 6) is 1.21. The van der Waals surface area contributed by atoms with Crippen LogP contribution in [0.4, 0.5) is 5.82 Å². The fourth-order valence-corrected chi connectivity index (χ4v) is 23.3. The second kappa shape index (κ2) is 14.1. The van der Waals surface area contributed by atoms with Crippen LogP contribution in [-0.2, 0) is 27.9 Å². The second-order valence-corrected chi connectivity index (χ2v) is 29.2. The van der Waals surface area contributed by atoms with Crippen LogP contribution in [0.25, 0.3) is 5.57 Å². The molecule has 1 aliphatic heterocycles. The maximum absolute atomic E-state index is 13.2. The number of anilines is 1. The summed E-state index contributed by atoms with van der Waals surface area (Å²) >= 11 is 0. The molecule has 0 aromatic carbocycles. The van der Waals surface area contributed by atoms with E-state index in [0.29, 0.717) is 34.3 Å². The van der Waals surface area contributed by atoms with E-state index in [1.807, 2.05) is 0 Å². The number of rotatable bonds is 8. The lowest BCUT2D eigenvalue weighted by atomic mass is 9.33. The van der Waals surface area contributed by atoms with Crippen molar-refractivity contribution in [3.05, 3.63) is 40.4 Å². The third-order valence-corrected chi connectivity index (χ3v) is 25.8. The lowest BCUT2D eigenvalue weighted by Gasteiger charge is -2.70. The molecule has 8 rings (SSSR count). The van der Waals surface area contributed by atoms with Crippen molar-refractivity contribution in [3.63, 3.8) is 0 Å². The van der Waals surface area contributed by atoms with Crippen molar-refractivity contribution in [1.82, 2.24) is 19.3 Å². The minimum Gasteiger partial charge on any atom is -0.481 e. The molecule has 58 heavy (non-hydrogen) atoms. The number of allylic oxidation sites excluding steroid dienone is 2. The monoisotopic (exact) mass is 814 g/mol. The number of morpholine rings is 1. The molecule has 0 radical (unpaired) electrons. The number of carboxylic acids is 1. The number of aromatic amines is 1. The Morgan fingerprint density at radius 1 is 0.966 bits per heavy atom. The quantitative estimate of drug-likeness (QED) is 0.229. The van der Waals surface area contributed by atoms with Crippen molar-refractivity contribution in [2.75, 3.05) is 32.0 Å². The maximum Gasteiger partial charge on any atom is 0.306 e. The Labute approximate surface area is 352 Å². The molecule has 3 heterocycles. The number of aromatic nitrogens is 3. The number of hydrogen-bond acceptors (Lipinski definition) is 5. The van der Waals surface area contributed by atoms with Crippen molar-refractivity contribution < 1.29 is 14.6 Å². The van der Waals surface area contributed by atoms with Gasteiger partial charge in [0.2, 0.25) is 0 Å². The van der Waals surface area contributed by atoms with Crippen molar-refractivity contribution in [3.8, 4) is 0 Å². The molecule has 2 aromatic heterocycles. The highest BCUT2D eigenvalue weighted by Crippen LogP contribution is 2.76. The predicted octanol–water partition coefficient (Wildman–Crippen LogP) is 10.9. The molecule has 0 spiro atoms. The molecular formula is C49H79N5O3Si. The third-order valence-electron chi connectivity index (χ3n) is 19.0. The average Bonchev–Trinajstić information content (AvgIpc) is 3.71. The first-order chi connectivity index (χ1) is 27.0. The number of hydrogen-bond donors (Lipinski definition) is 3. The Kier molecular flexibility index (Phi) is 10.3. The van der Waals surface area contributed by atoms with Gasteiger partial charge in [-0.1, -0.05) is 95.6 Å². The highest BCUT2D eigenvalue weighted by Gasteiger charge is 2.69. The standard InChI is InChI=1S/C49H79N5O3Si/c1-29(2)58(30(3)4,31(5)6)54-27-32(22-33(54)28-53-18-20-57-21-19-53)35-23-40-47(11)26-38-42(51-52-43(38)50)46(9,10)39(47)15-17-48(40,12)49(13)16-14-34-36(41(35)49)24-45(7,8)25-37(34)44(55)56/h22,27,29-31,34,36-37,39-40H,14-21,23-26,28H2,1-13H3,(H,55,56)(H3,50,51,52)/t34?,36?,37-,39?,40?,47?,48?,49?/m1/s1. The van der Waals surface area contributed by atoms with Crippen LogP contribution < -0.4 is 5.73 Å². The molecule has 4 N–H and O–H groups in total. The Morgan fingerprint density at radius 3 is 2.24 bits per heavy atom. The van der Waals surface area contributed by atoms with E-state index in [0.717, 1.165) is 71.4 Å². The van der Waals surface area contributed by atoms with Gasteiger partial charge in [0.05, 0.1) is 19.1 Å². The Bertz CT molecular complexity index is 1930. The summed E-state index contributed by atoms with van der Waals surface area (Å²) in [5.41, 5.74) is 17.1. The lowest BCUT2D eigenvalue weighted by Crippen LogP contribution is -2.64. The van der Waals surface area contributed by atoms with Gasteiger partial charge in [-0.05, 0) is 131 Å².